The molecule has 0 bridgehead atoms. The Kier molecular flexibility index (Phi) is 20.0. The molecular weight excluding hydrogens is 760 g/mol. The van der Waals surface area contributed by atoms with Crippen LogP contribution in [0.15, 0.2) is 0 Å². The highest BCUT2D eigenvalue weighted by Crippen LogP contribution is 2.34. The predicted octanol–water partition coefficient (Wildman–Crippen LogP) is -10.9. The van der Waals surface area contributed by atoms with Gasteiger partial charge in [0.1, 0.15) is 97.7 Å². The SMILES string of the molecule is C.C.C.C.CO[C@@H]1O[C@@H](C(=O)[O-])[C@@H](O[C@@H]2OC(C(=O)[O-])[C@@H](OC3O[C@@H](C(=O)[O-])[C@@H](O[C@@H]4OC(C(=O)[O-])[C@@H](OC)C(O)[C@@H]4O)C(O)C3O)C(O)[C@H]2O)C(O)C1O. The molecule has 4 saturated heterocycles. The normalized spacial score (nSPS) is 44.3. The molecule has 4 aliphatic rings. The van der Waals surface area contributed by atoms with Gasteiger partial charge in [-0.2, -0.15) is 0 Å². The Bertz CT molecular complexity index is 1250. The van der Waals surface area contributed by atoms with Crippen LogP contribution in [0.2, 0.25) is 0 Å². The van der Waals surface area contributed by atoms with Crippen LogP contribution in [-0.2, 0) is 61.8 Å². The van der Waals surface area contributed by atoms with Gasteiger partial charge in [0.15, 0.2) is 25.2 Å². The third kappa shape index (κ3) is 10.4. The molecule has 25 nitrogen and oxygen atoms in total. The molecule has 4 fully saturated rings. The Hall–Kier alpha value is -2.80. The second-order valence-corrected chi connectivity index (χ2v) is 11.6. The van der Waals surface area contributed by atoms with Crippen LogP contribution in [0, 0.1) is 0 Å². The maximum Gasteiger partial charge on any atom is 0.187 e. The number of hydrogen-bond donors (Lipinski definition) is 8. The lowest BCUT2D eigenvalue weighted by Gasteiger charge is -2.49. The third-order valence-corrected chi connectivity index (χ3v) is 8.49. The van der Waals surface area contributed by atoms with Crippen molar-refractivity contribution in [1.29, 1.82) is 0 Å². The lowest BCUT2D eigenvalue weighted by atomic mass is 9.95. The lowest BCUT2D eigenvalue weighted by molar-refractivity contribution is -0.402. The summed E-state index contributed by atoms with van der Waals surface area (Å²) < 4.78 is 45.3. The molecule has 4 rings (SSSR count). The first-order valence-electron chi connectivity index (χ1n) is 14.8. The second-order valence-electron chi connectivity index (χ2n) is 11.6. The van der Waals surface area contributed by atoms with Gasteiger partial charge in [-0.15, -0.1) is 0 Å². The molecule has 9 unspecified atom stereocenters. The molecule has 0 spiro atoms. The van der Waals surface area contributed by atoms with E-state index in [0.29, 0.717) is 0 Å². The van der Waals surface area contributed by atoms with Crippen LogP contribution < -0.4 is 20.4 Å². The van der Waals surface area contributed by atoms with Crippen LogP contribution in [0.1, 0.15) is 29.7 Å². The molecule has 8 N–H and O–H groups in total. The Morgan fingerprint density at radius 3 is 0.836 bits per heavy atom. The van der Waals surface area contributed by atoms with Crippen LogP contribution in [0.5, 0.6) is 0 Å². The first-order valence-corrected chi connectivity index (χ1v) is 14.8. The van der Waals surface area contributed by atoms with Crippen LogP contribution in [0.25, 0.3) is 0 Å². The highest BCUT2D eigenvalue weighted by Gasteiger charge is 2.56. The third-order valence-electron chi connectivity index (χ3n) is 8.49. The molecule has 55 heavy (non-hydrogen) atoms. The van der Waals surface area contributed by atoms with Gasteiger partial charge < -0.3 is 123 Å². The van der Waals surface area contributed by atoms with E-state index in [1.165, 1.54) is 0 Å². The molecule has 0 aromatic carbocycles. The summed E-state index contributed by atoms with van der Waals surface area (Å²) in [7, 11) is 1.95. The minimum absolute atomic E-state index is 0. The van der Waals surface area contributed by atoms with Gasteiger partial charge >= 0.3 is 0 Å². The Balaban J connectivity index is 0.00000729. The standard InChI is InChI=1S/C26H38O25.4CH4/c1-43-11-3(27)8(32)24(49-15(11)19(35)36)46-13-5(29)10(34)26(51-17(13)21(39)40)47-14-6(30)9(33)25(50-18(14)22(41)42)45-12-4(28)7(31)23(44-2)48-16(12)20(37)38;;;;/h3-18,23-34H,1-2H3,(H,35,36)(H,37,38)(H,39,40)(H,41,42);4*1H4/p-4/t3?,4?,5?,6?,7?,8-,9+,10?,11-,12-,13-,14-,15?,16+,17+,18?,23+,24+,25+,26?;;;;/m0..../s1. The smallest absolute Gasteiger partial charge is 0.187 e. The first-order chi connectivity index (χ1) is 23.9. The number of carbonyl (C=O) groups excluding carboxylic acids is 4. The molecular formula is C30H50O25-4. The average Bonchev–Trinajstić information content (AvgIpc) is 3.07. The summed E-state index contributed by atoms with van der Waals surface area (Å²) in [6, 6.07) is 0. The zero-order valence-corrected chi connectivity index (χ0v) is 26.1. The number of aliphatic hydroxyl groups is 8. The molecule has 0 aromatic heterocycles. The molecule has 0 aliphatic carbocycles. The fourth-order valence-corrected chi connectivity index (χ4v) is 5.82. The van der Waals surface area contributed by atoms with E-state index < -0.39 is 147 Å². The lowest BCUT2D eigenvalue weighted by Crippen LogP contribution is -2.70. The summed E-state index contributed by atoms with van der Waals surface area (Å²) in [6.07, 6.45) is -44.8. The van der Waals surface area contributed by atoms with Crippen molar-refractivity contribution in [1.82, 2.24) is 0 Å². The molecule has 4 aliphatic heterocycles. The van der Waals surface area contributed by atoms with Crippen molar-refractivity contribution in [2.75, 3.05) is 14.2 Å². The van der Waals surface area contributed by atoms with E-state index in [1.54, 1.807) is 0 Å². The van der Waals surface area contributed by atoms with Crippen molar-refractivity contribution in [2.45, 2.75) is 153 Å². The molecule has 4 heterocycles. The van der Waals surface area contributed by atoms with Crippen molar-refractivity contribution in [3.63, 3.8) is 0 Å². The van der Waals surface area contributed by atoms with Crippen LogP contribution >= 0.6 is 0 Å². The van der Waals surface area contributed by atoms with E-state index >= 15 is 0 Å². The summed E-state index contributed by atoms with van der Waals surface area (Å²) in [5, 5.41) is 132. The van der Waals surface area contributed by atoms with E-state index in [-0.39, 0.29) is 29.7 Å². The van der Waals surface area contributed by atoms with Gasteiger partial charge in [0, 0.05) is 14.2 Å². The van der Waals surface area contributed by atoms with Gasteiger partial charge in [-0.1, -0.05) is 29.7 Å². The molecule has 0 amide bonds. The highest BCUT2D eigenvalue weighted by atomic mass is 16.8. The quantitative estimate of drug-likeness (QED) is 0.0907. The van der Waals surface area contributed by atoms with Crippen molar-refractivity contribution in [3.8, 4) is 0 Å². The minimum Gasteiger partial charge on any atom is -0.547 e. The number of aliphatic carboxylic acids is 4. The topological polar surface area (TPSA) is 405 Å². The molecule has 0 saturated carbocycles. The van der Waals surface area contributed by atoms with Crippen molar-refractivity contribution in [2.24, 2.45) is 0 Å². The fraction of sp³-hybridized carbons (Fsp3) is 0.867. The molecule has 0 aromatic rings. The number of hydrogen-bond acceptors (Lipinski definition) is 25. The van der Waals surface area contributed by atoms with Gasteiger partial charge in [-0.3, -0.25) is 0 Å². The van der Waals surface area contributed by atoms with Gasteiger partial charge in [0.05, 0.1) is 23.9 Å². The molecule has 25 heteroatoms. The maximum absolute atomic E-state index is 12.0. The van der Waals surface area contributed by atoms with Gasteiger partial charge in [-0.05, 0) is 0 Å². The predicted molar refractivity (Wildman–Crippen MR) is 162 cm³/mol. The molecule has 0 radical (unpaired) electrons. The van der Waals surface area contributed by atoms with E-state index in [9.17, 15) is 80.5 Å². The zero-order valence-electron chi connectivity index (χ0n) is 26.1. The number of aliphatic hydroxyl groups excluding tert-OH is 8. The maximum atomic E-state index is 12.0. The Morgan fingerprint density at radius 1 is 0.382 bits per heavy atom. The van der Waals surface area contributed by atoms with Crippen molar-refractivity contribution >= 4 is 23.9 Å². The summed E-state index contributed by atoms with van der Waals surface area (Å²) in [4.78, 5) is 47.2. The van der Waals surface area contributed by atoms with Crippen LogP contribution in [0.3, 0.4) is 0 Å². The summed E-state index contributed by atoms with van der Waals surface area (Å²) in [5.74, 6) is -8.42. The van der Waals surface area contributed by atoms with Crippen LogP contribution in [0.4, 0.5) is 0 Å². The Labute approximate surface area is 314 Å². The monoisotopic (exact) mass is 810 g/mol. The summed E-state index contributed by atoms with van der Waals surface area (Å²) >= 11 is 0. The van der Waals surface area contributed by atoms with Gasteiger partial charge in [0.2, 0.25) is 0 Å². The van der Waals surface area contributed by atoms with E-state index in [0.717, 1.165) is 14.2 Å². The Morgan fingerprint density at radius 2 is 0.600 bits per heavy atom. The van der Waals surface area contributed by atoms with E-state index in [4.69, 9.17) is 42.6 Å². The minimum atomic E-state index is -2.54. The summed E-state index contributed by atoms with van der Waals surface area (Å²) in [6.45, 7) is 0. The second kappa shape index (κ2) is 21.1. The first kappa shape index (κ1) is 52.2. The number of carbonyl (C=O) groups is 4. The van der Waals surface area contributed by atoms with E-state index in [2.05, 4.69) is 0 Å². The highest BCUT2D eigenvalue weighted by molar-refractivity contribution is 5.72. The van der Waals surface area contributed by atoms with Crippen molar-refractivity contribution in [3.05, 3.63) is 0 Å². The summed E-state index contributed by atoms with van der Waals surface area (Å²) in [5.41, 5.74) is 0. The molecule has 20 atom stereocenters. The number of carboxylic acids is 4. The van der Waals surface area contributed by atoms with Gasteiger partial charge in [0.25, 0.3) is 0 Å². The fourth-order valence-electron chi connectivity index (χ4n) is 5.82. The zero-order chi connectivity index (χ0) is 38.2. The number of carboxylic acid groups (broad SMARTS) is 4. The average molecular weight is 811 g/mol. The molecule has 324 valence electrons. The van der Waals surface area contributed by atoms with Crippen LogP contribution in [-0.4, -0.2) is 202 Å². The number of rotatable bonds is 12. The van der Waals surface area contributed by atoms with Crippen molar-refractivity contribution < 1.29 is 123 Å². The number of ether oxygens (including phenoxy) is 9. The van der Waals surface area contributed by atoms with Gasteiger partial charge in [-0.25, -0.2) is 0 Å². The largest absolute Gasteiger partial charge is 0.547 e. The van der Waals surface area contributed by atoms with E-state index in [1.807, 2.05) is 0 Å². The number of methoxy groups -OCH3 is 2.